The van der Waals surface area contributed by atoms with Gasteiger partial charge in [0.1, 0.15) is 0 Å². The Morgan fingerprint density at radius 3 is 2.47 bits per heavy atom. The largest absolute Gasteiger partial charge is 0.338 e. The first-order valence-corrected chi connectivity index (χ1v) is 11.7. The summed E-state index contributed by atoms with van der Waals surface area (Å²) < 4.78 is 0. The molecule has 4 rings (SSSR count). The van der Waals surface area contributed by atoms with E-state index in [1.165, 1.54) is 9.78 Å². The van der Waals surface area contributed by atoms with Crippen molar-refractivity contribution in [2.45, 2.75) is 39.0 Å². The Balaban J connectivity index is 1.23. The smallest absolute Gasteiger partial charge is 0.261 e. The van der Waals surface area contributed by atoms with Crippen LogP contribution in [0.1, 0.15) is 46.3 Å². The normalized spacial score (nSPS) is 17.9. The highest BCUT2D eigenvalue weighted by Gasteiger charge is 2.29. The number of amides is 2. The van der Waals surface area contributed by atoms with Gasteiger partial charge in [-0.2, -0.15) is 0 Å². The maximum Gasteiger partial charge on any atom is 0.261 e. The lowest BCUT2D eigenvalue weighted by Crippen LogP contribution is -2.47. The maximum atomic E-state index is 12.9. The molecule has 0 aliphatic carbocycles. The summed E-state index contributed by atoms with van der Waals surface area (Å²) in [6, 6.07) is 3.82. The fraction of sp³-hybridized carbons (Fsp3) is 0.545. The Kier molecular flexibility index (Phi) is 6.74. The number of hydrogen-bond donors (Lipinski definition) is 0. The lowest BCUT2D eigenvalue weighted by Gasteiger charge is -2.34. The van der Waals surface area contributed by atoms with Gasteiger partial charge in [-0.1, -0.05) is 6.92 Å². The first-order chi connectivity index (χ1) is 14.7. The number of imide groups is 1. The van der Waals surface area contributed by atoms with E-state index in [1.807, 2.05) is 12.1 Å². The van der Waals surface area contributed by atoms with Crippen molar-refractivity contribution >= 4 is 29.1 Å². The minimum absolute atomic E-state index is 0.0297. The van der Waals surface area contributed by atoms with Crippen molar-refractivity contribution in [2.24, 2.45) is 0 Å². The Labute approximate surface area is 181 Å². The fourth-order valence-corrected chi connectivity index (χ4v) is 5.19. The number of carbonyl (C=O) groups excluding carboxylic acids is 2. The van der Waals surface area contributed by atoms with Gasteiger partial charge in [-0.3, -0.25) is 19.4 Å². The Hall–Kier alpha value is -2.32. The molecule has 1 fully saturated rings. The highest BCUT2D eigenvalue weighted by atomic mass is 32.1. The van der Waals surface area contributed by atoms with Gasteiger partial charge >= 0.3 is 0 Å². The number of piperazine rings is 1. The SMILES string of the molecule is CCc1cc2c(s1)CCC(=O)N(CCCCN1CCN(c3ncccn3)CC1)C2=O. The Bertz CT molecular complexity index is 877. The van der Waals surface area contributed by atoms with E-state index in [9.17, 15) is 9.59 Å². The molecule has 1 saturated heterocycles. The lowest BCUT2D eigenvalue weighted by molar-refractivity contribution is -0.128. The number of rotatable bonds is 7. The summed E-state index contributed by atoms with van der Waals surface area (Å²) in [6.07, 6.45) is 7.45. The molecule has 0 saturated carbocycles. The van der Waals surface area contributed by atoms with Crippen LogP contribution in [0.15, 0.2) is 24.5 Å². The fourth-order valence-electron chi connectivity index (χ4n) is 4.10. The van der Waals surface area contributed by atoms with Crippen molar-refractivity contribution in [2.75, 3.05) is 44.2 Å². The minimum Gasteiger partial charge on any atom is -0.338 e. The second kappa shape index (κ2) is 9.66. The monoisotopic (exact) mass is 427 g/mol. The number of nitrogens with zero attached hydrogens (tertiary/aromatic N) is 5. The van der Waals surface area contributed by atoms with E-state index in [1.54, 1.807) is 23.7 Å². The minimum atomic E-state index is -0.0973. The van der Waals surface area contributed by atoms with Crippen LogP contribution in [-0.4, -0.2) is 70.9 Å². The lowest BCUT2D eigenvalue weighted by atomic mass is 10.2. The summed E-state index contributed by atoms with van der Waals surface area (Å²) in [4.78, 5) is 42.5. The molecule has 2 aromatic heterocycles. The van der Waals surface area contributed by atoms with Gasteiger partial charge in [0.2, 0.25) is 11.9 Å². The molecule has 30 heavy (non-hydrogen) atoms. The van der Waals surface area contributed by atoms with Gasteiger partial charge in [-0.25, -0.2) is 9.97 Å². The number of thiophene rings is 1. The van der Waals surface area contributed by atoms with E-state index in [4.69, 9.17) is 0 Å². The van der Waals surface area contributed by atoms with Crippen molar-refractivity contribution in [1.82, 2.24) is 19.8 Å². The van der Waals surface area contributed by atoms with Gasteiger partial charge in [0, 0.05) is 61.3 Å². The molecule has 0 unspecified atom stereocenters. The van der Waals surface area contributed by atoms with Crippen molar-refractivity contribution < 1.29 is 9.59 Å². The number of anilines is 1. The third-order valence-corrected chi connectivity index (χ3v) is 7.20. The highest BCUT2D eigenvalue weighted by Crippen LogP contribution is 2.28. The van der Waals surface area contributed by atoms with Crippen LogP contribution in [0, 0.1) is 0 Å². The molecule has 7 nitrogen and oxygen atoms in total. The van der Waals surface area contributed by atoms with Crippen molar-refractivity contribution in [1.29, 1.82) is 0 Å². The van der Waals surface area contributed by atoms with E-state index >= 15 is 0 Å². The van der Waals surface area contributed by atoms with Gasteiger partial charge in [0.25, 0.3) is 5.91 Å². The van der Waals surface area contributed by atoms with Crippen molar-refractivity contribution in [3.8, 4) is 0 Å². The summed E-state index contributed by atoms with van der Waals surface area (Å²) in [5.74, 6) is 0.673. The van der Waals surface area contributed by atoms with E-state index in [0.29, 0.717) is 19.4 Å². The predicted molar refractivity (Wildman–Crippen MR) is 118 cm³/mol. The zero-order chi connectivity index (χ0) is 20.9. The number of carbonyl (C=O) groups is 2. The molecular weight excluding hydrogens is 398 g/mol. The number of hydrogen-bond acceptors (Lipinski definition) is 7. The molecule has 2 aliphatic rings. The summed E-state index contributed by atoms with van der Waals surface area (Å²) in [5, 5.41) is 0. The molecule has 160 valence electrons. The van der Waals surface area contributed by atoms with E-state index in [0.717, 1.165) is 68.4 Å². The van der Waals surface area contributed by atoms with Crippen LogP contribution in [0.5, 0.6) is 0 Å². The standard InChI is InChI=1S/C22H29N5O2S/c1-2-17-16-18-19(30-17)6-7-20(28)27(21(18)29)11-4-3-10-25-12-14-26(15-13-25)22-23-8-5-9-24-22/h5,8-9,16H,2-4,6-7,10-15H2,1H3. The summed E-state index contributed by atoms with van der Waals surface area (Å²) in [5.41, 5.74) is 0.752. The molecule has 0 N–H and O–H groups in total. The molecular formula is C22H29N5O2S. The van der Waals surface area contributed by atoms with Gasteiger partial charge < -0.3 is 4.90 Å². The van der Waals surface area contributed by atoms with Crippen LogP contribution in [0.2, 0.25) is 0 Å². The first-order valence-electron chi connectivity index (χ1n) is 10.9. The third-order valence-electron chi connectivity index (χ3n) is 5.86. The third kappa shape index (κ3) is 4.70. The summed E-state index contributed by atoms with van der Waals surface area (Å²) in [7, 11) is 0. The number of aryl methyl sites for hydroxylation is 2. The van der Waals surface area contributed by atoms with Crippen LogP contribution < -0.4 is 4.90 Å². The van der Waals surface area contributed by atoms with Gasteiger partial charge in [0.15, 0.2) is 0 Å². The van der Waals surface area contributed by atoms with E-state index < -0.39 is 0 Å². The zero-order valence-corrected chi connectivity index (χ0v) is 18.4. The van der Waals surface area contributed by atoms with Crippen LogP contribution in [0.3, 0.4) is 0 Å². The molecule has 0 aromatic carbocycles. The van der Waals surface area contributed by atoms with Gasteiger partial charge in [-0.05, 0) is 44.4 Å². The molecule has 0 spiro atoms. The van der Waals surface area contributed by atoms with Crippen molar-refractivity contribution in [3.05, 3.63) is 39.8 Å². The highest BCUT2D eigenvalue weighted by molar-refractivity contribution is 7.12. The molecule has 0 atom stereocenters. The molecule has 4 heterocycles. The average Bonchev–Trinajstić information content (AvgIpc) is 3.17. The van der Waals surface area contributed by atoms with Crippen LogP contribution in [0.25, 0.3) is 0 Å². The quantitative estimate of drug-likeness (QED) is 0.500. The summed E-state index contributed by atoms with van der Waals surface area (Å²) in [6.45, 7) is 7.43. The molecule has 2 aliphatic heterocycles. The van der Waals surface area contributed by atoms with Gasteiger partial charge in [-0.15, -0.1) is 11.3 Å². The second-order valence-electron chi connectivity index (χ2n) is 7.84. The number of unbranched alkanes of at least 4 members (excludes halogenated alkanes) is 1. The molecule has 0 bridgehead atoms. The van der Waals surface area contributed by atoms with E-state index in [-0.39, 0.29) is 11.8 Å². The molecule has 0 radical (unpaired) electrons. The van der Waals surface area contributed by atoms with Crippen LogP contribution in [-0.2, 0) is 17.6 Å². The first kappa shape index (κ1) is 20.9. The van der Waals surface area contributed by atoms with Crippen LogP contribution in [0.4, 0.5) is 5.95 Å². The Morgan fingerprint density at radius 1 is 1.00 bits per heavy atom. The topological polar surface area (TPSA) is 69.6 Å². The van der Waals surface area contributed by atoms with Crippen molar-refractivity contribution in [3.63, 3.8) is 0 Å². The molecule has 2 amide bonds. The van der Waals surface area contributed by atoms with Gasteiger partial charge in [0.05, 0.1) is 5.56 Å². The zero-order valence-electron chi connectivity index (χ0n) is 17.5. The molecule has 2 aromatic rings. The summed E-state index contributed by atoms with van der Waals surface area (Å²) >= 11 is 1.68. The van der Waals surface area contributed by atoms with E-state index in [2.05, 4.69) is 26.7 Å². The number of aromatic nitrogens is 2. The molecule has 8 heteroatoms. The Morgan fingerprint density at radius 2 is 1.73 bits per heavy atom. The maximum absolute atomic E-state index is 12.9. The number of fused-ring (bicyclic) bond motifs is 1. The average molecular weight is 428 g/mol. The van der Waals surface area contributed by atoms with Crippen LogP contribution >= 0.6 is 11.3 Å². The second-order valence-corrected chi connectivity index (χ2v) is 9.06. The predicted octanol–water partition coefficient (Wildman–Crippen LogP) is 2.62.